The Labute approximate surface area is 84.2 Å². The van der Waals surface area contributed by atoms with Crippen LogP contribution in [0.5, 0.6) is 0 Å². The quantitative estimate of drug-likeness (QED) is 0.672. The van der Waals surface area contributed by atoms with Crippen LogP contribution < -0.4 is 11.1 Å². The summed E-state index contributed by atoms with van der Waals surface area (Å²) in [6.45, 7) is 3.30. The molecule has 1 aliphatic heterocycles. The summed E-state index contributed by atoms with van der Waals surface area (Å²) in [5, 5.41) is 3.00. The van der Waals surface area contributed by atoms with E-state index in [1.807, 2.05) is 0 Å². The van der Waals surface area contributed by atoms with E-state index in [9.17, 15) is 4.79 Å². The van der Waals surface area contributed by atoms with Gasteiger partial charge < -0.3 is 15.8 Å². The molecule has 0 aromatic rings. The third-order valence-electron chi connectivity index (χ3n) is 3.28. The van der Waals surface area contributed by atoms with E-state index in [0.717, 1.165) is 19.3 Å². The van der Waals surface area contributed by atoms with Crippen molar-refractivity contribution >= 4 is 5.91 Å². The molecule has 1 aliphatic carbocycles. The lowest BCUT2D eigenvalue weighted by Gasteiger charge is -2.20. The predicted molar refractivity (Wildman–Crippen MR) is 52.7 cm³/mol. The zero-order valence-corrected chi connectivity index (χ0v) is 8.58. The summed E-state index contributed by atoms with van der Waals surface area (Å²) in [5.74, 6) is 0.363. The van der Waals surface area contributed by atoms with Gasteiger partial charge >= 0.3 is 0 Å². The first kappa shape index (κ1) is 9.93. The number of carbonyl (C=O) groups excluding carboxylic acids is 1. The van der Waals surface area contributed by atoms with Gasteiger partial charge in [0, 0.05) is 13.2 Å². The molecule has 0 aromatic heterocycles. The van der Waals surface area contributed by atoms with Crippen LogP contribution in [0.25, 0.3) is 0 Å². The van der Waals surface area contributed by atoms with Crippen LogP contribution in [0.2, 0.25) is 0 Å². The fraction of sp³-hybridized carbons (Fsp3) is 0.900. The standard InChI is InChI=1S/C10H18N2O2/c1-7-2-5-14-8(7)9(13)12-10(6-11)3-4-10/h7-8H,2-6,11H2,1H3,(H,12,13). The van der Waals surface area contributed by atoms with E-state index in [1.165, 1.54) is 0 Å². The van der Waals surface area contributed by atoms with Crippen molar-refractivity contribution in [2.45, 2.75) is 37.8 Å². The van der Waals surface area contributed by atoms with Crippen LogP contribution >= 0.6 is 0 Å². The summed E-state index contributed by atoms with van der Waals surface area (Å²) in [7, 11) is 0. The maximum Gasteiger partial charge on any atom is 0.249 e. The lowest BCUT2D eigenvalue weighted by Crippen LogP contribution is -2.47. The van der Waals surface area contributed by atoms with Gasteiger partial charge in [-0.25, -0.2) is 0 Å². The minimum absolute atomic E-state index is 0.0259. The normalized spacial score (nSPS) is 34.1. The topological polar surface area (TPSA) is 64.3 Å². The first-order valence-corrected chi connectivity index (χ1v) is 5.31. The average molecular weight is 198 g/mol. The lowest BCUT2D eigenvalue weighted by atomic mass is 10.0. The smallest absolute Gasteiger partial charge is 0.249 e. The Balaban J connectivity index is 1.89. The monoisotopic (exact) mass is 198 g/mol. The van der Waals surface area contributed by atoms with Crippen molar-refractivity contribution in [1.29, 1.82) is 0 Å². The highest BCUT2D eigenvalue weighted by molar-refractivity contribution is 5.82. The summed E-state index contributed by atoms with van der Waals surface area (Å²) in [4.78, 5) is 11.8. The molecule has 14 heavy (non-hydrogen) atoms. The predicted octanol–water partition coefficient (Wildman–Crippen LogP) is 0.0189. The van der Waals surface area contributed by atoms with Crippen molar-refractivity contribution in [3.8, 4) is 0 Å². The highest BCUT2D eigenvalue weighted by Gasteiger charge is 2.45. The molecule has 0 aromatic carbocycles. The number of ether oxygens (including phenoxy) is 1. The van der Waals surface area contributed by atoms with E-state index in [-0.39, 0.29) is 17.6 Å². The number of nitrogens with two attached hydrogens (primary N) is 1. The van der Waals surface area contributed by atoms with Crippen LogP contribution in [0.15, 0.2) is 0 Å². The molecule has 0 spiro atoms. The van der Waals surface area contributed by atoms with Crippen LogP contribution in [0.1, 0.15) is 26.2 Å². The van der Waals surface area contributed by atoms with Gasteiger partial charge in [0.2, 0.25) is 5.91 Å². The maximum absolute atomic E-state index is 11.8. The molecule has 2 rings (SSSR count). The largest absolute Gasteiger partial charge is 0.368 e. The molecule has 1 heterocycles. The maximum atomic E-state index is 11.8. The number of carbonyl (C=O) groups is 1. The summed E-state index contributed by atoms with van der Waals surface area (Å²) in [6.07, 6.45) is 2.75. The SMILES string of the molecule is CC1CCOC1C(=O)NC1(CN)CC1. The average Bonchev–Trinajstić information content (AvgIpc) is 2.80. The first-order valence-electron chi connectivity index (χ1n) is 5.31. The first-order chi connectivity index (χ1) is 6.67. The molecule has 2 aliphatic rings. The van der Waals surface area contributed by atoms with Crippen LogP contribution in [-0.2, 0) is 9.53 Å². The van der Waals surface area contributed by atoms with Gasteiger partial charge in [-0.2, -0.15) is 0 Å². The molecule has 0 bridgehead atoms. The van der Waals surface area contributed by atoms with Crippen molar-refractivity contribution < 1.29 is 9.53 Å². The van der Waals surface area contributed by atoms with Gasteiger partial charge in [0.1, 0.15) is 6.10 Å². The van der Waals surface area contributed by atoms with Crippen LogP contribution in [0.3, 0.4) is 0 Å². The molecule has 3 N–H and O–H groups in total. The van der Waals surface area contributed by atoms with E-state index >= 15 is 0 Å². The fourth-order valence-electron chi connectivity index (χ4n) is 1.89. The van der Waals surface area contributed by atoms with E-state index < -0.39 is 0 Å². The third kappa shape index (κ3) is 1.77. The number of hydrogen-bond acceptors (Lipinski definition) is 3. The van der Waals surface area contributed by atoms with E-state index in [2.05, 4.69) is 12.2 Å². The summed E-state index contributed by atoms with van der Waals surface area (Å²) in [5.41, 5.74) is 5.50. The molecular weight excluding hydrogens is 180 g/mol. The lowest BCUT2D eigenvalue weighted by molar-refractivity contribution is -0.132. The highest BCUT2D eigenvalue weighted by Crippen LogP contribution is 2.34. The van der Waals surface area contributed by atoms with Crippen molar-refractivity contribution in [1.82, 2.24) is 5.32 Å². The minimum Gasteiger partial charge on any atom is -0.368 e. The fourth-order valence-corrected chi connectivity index (χ4v) is 1.89. The van der Waals surface area contributed by atoms with Crippen molar-refractivity contribution in [3.63, 3.8) is 0 Å². The number of amides is 1. The van der Waals surface area contributed by atoms with E-state index in [0.29, 0.717) is 19.1 Å². The van der Waals surface area contributed by atoms with Gasteiger partial charge in [0.25, 0.3) is 0 Å². The Morgan fingerprint density at radius 1 is 1.64 bits per heavy atom. The Morgan fingerprint density at radius 3 is 2.79 bits per heavy atom. The van der Waals surface area contributed by atoms with Crippen molar-refractivity contribution in [2.24, 2.45) is 11.7 Å². The Kier molecular flexibility index (Phi) is 2.49. The second-order valence-corrected chi connectivity index (χ2v) is 4.53. The molecule has 4 heteroatoms. The van der Waals surface area contributed by atoms with Gasteiger partial charge in [-0.3, -0.25) is 4.79 Å². The zero-order chi connectivity index (χ0) is 10.2. The molecule has 2 fully saturated rings. The van der Waals surface area contributed by atoms with Crippen LogP contribution in [0, 0.1) is 5.92 Å². The highest BCUT2D eigenvalue weighted by atomic mass is 16.5. The zero-order valence-electron chi connectivity index (χ0n) is 8.58. The van der Waals surface area contributed by atoms with Crippen molar-refractivity contribution in [3.05, 3.63) is 0 Å². The number of rotatable bonds is 3. The molecule has 80 valence electrons. The van der Waals surface area contributed by atoms with Gasteiger partial charge in [0.05, 0.1) is 5.54 Å². The molecule has 2 unspecified atom stereocenters. The number of hydrogen-bond donors (Lipinski definition) is 2. The molecule has 1 saturated heterocycles. The molecular formula is C10H18N2O2. The third-order valence-corrected chi connectivity index (χ3v) is 3.28. The molecule has 0 radical (unpaired) electrons. The van der Waals surface area contributed by atoms with Gasteiger partial charge in [-0.05, 0) is 25.2 Å². The second-order valence-electron chi connectivity index (χ2n) is 4.53. The second kappa shape index (κ2) is 3.51. The van der Waals surface area contributed by atoms with Gasteiger partial charge in [-0.1, -0.05) is 6.92 Å². The molecule has 1 saturated carbocycles. The minimum atomic E-state index is -0.251. The molecule has 1 amide bonds. The Hall–Kier alpha value is -0.610. The van der Waals surface area contributed by atoms with Crippen LogP contribution in [-0.4, -0.2) is 30.7 Å². The molecule has 4 nitrogen and oxygen atoms in total. The molecule has 2 atom stereocenters. The van der Waals surface area contributed by atoms with Crippen LogP contribution in [0.4, 0.5) is 0 Å². The van der Waals surface area contributed by atoms with Gasteiger partial charge in [0.15, 0.2) is 0 Å². The van der Waals surface area contributed by atoms with Gasteiger partial charge in [-0.15, -0.1) is 0 Å². The summed E-state index contributed by atoms with van der Waals surface area (Å²) in [6, 6.07) is 0. The van der Waals surface area contributed by atoms with E-state index in [4.69, 9.17) is 10.5 Å². The number of nitrogens with one attached hydrogen (secondary N) is 1. The summed E-state index contributed by atoms with van der Waals surface area (Å²) < 4.78 is 5.39. The Bertz CT molecular complexity index is 238. The van der Waals surface area contributed by atoms with Crippen molar-refractivity contribution in [2.75, 3.05) is 13.2 Å². The van der Waals surface area contributed by atoms with E-state index in [1.54, 1.807) is 0 Å². The Morgan fingerprint density at radius 2 is 2.36 bits per heavy atom. The summed E-state index contributed by atoms with van der Waals surface area (Å²) >= 11 is 0.